The van der Waals surface area contributed by atoms with E-state index in [-0.39, 0.29) is 0 Å². The third-order valence-corrected chi connectivity index (χ3v) is 10.2. The average Bonchev–Trinajstić information content (AvgIpc) is 2.29. The molecule has 0 bridgehead atoms. The van der Waals surface area contributed by atoms with Crippen LogP contribution in [0.5, 0.6) is 0 Å². The lowest BCUT2D eigenvalue weighted by Gasteiger charge is -2.25. The highest BCUT2D eigenvalue weighted by atomic mass is 28.3. The van der Waals surface area contributed by atoms with Gasteiger partial charge in [0.05, 0.1) is 16.1 Å². The Morgan fingerprint density at radius 1 is 0.778 bits per heavy atom. The van der Waals surface area contributed by atoms with Crippen LogP contribution in [-0.4, -0.2) is 16.1 Å². The van der Waals surface area contributed by atoms with Crippen molar-refractivity contribution in [3.63, 3.8) is 0 Å². The first kappa shape index (κ1) is 15.2. The summed E-state index contributed by atoms with van der Waals surface area (Å²) in [4.78, 5) is 0. The molecule has 0 nitrogen and oxygen atoms in total. The summed E-state index contributed by atoms with van der Waals surface area (Å²) in [5.74, 6) is 0. The molecule has 0 atom stereocenters. The van der Waals surface area contributed by atoms with Crippen molar-refractivity contribution in [1.29, 1.82) is 0 Å². The van der Waals surface area contributed by atoms with E-state index in [1.54, 1.807) is 0 Å². The molecular weight excluding hydrogens is 248 g/mol. The molecule has 0 unspecified atom stereocenters. The minimum atomic E-state index is -1.30. The second-order valence-corrected chi connectivity index (χ2v) is 15.8. The SMILES string of the molecule is C=CC[Si](C)(C)c1ccc([Si](C)(C)CC=C)cc1. The summed E-state index contributed by atoms with van der Waals surface area (Å²) < 4.78 is 0. The van der Waals surface area contributed by atoms with Gasteiger partial charge in [0.15, 0.2) is 0 Å². The van der Waals surface area contributed by atoms with Crippen LogP contribution in [0.15, 0.2) is 49.6 Å². The van der Waals surface area contributed by atoms with Crippen LogP contribution in [-0.2, 0) is 0 Å². The molecular formula is C16H26Si2. The molecule has 0 saturated heterocycles. The fourth-order valence-corrected chi connectivity index (χ4v) is 6.38. The van der Waals surface area contributed by atoms with Crippen LogP contribution < -0.4 is 10.4 Å². The molecule has 0 saturated carbocycles. The summed E-state index contributed by atoms with van der Waals surface area (Å²) in [6, 6.07) is 11.7. The zero-order valence-electron chi connectivity index (χ0n) is 12.3. The Morgan fingerprint density at radius 2 is 1.06 bits per heavy atom. The van der Waals surface area contributed by atoms with Gasteiger partial charge < -0.3 is 0 Å². The van der Waals surface area contributed by atoms with E-state index in [4.69, 9.17) is 0 Å². The second kappa shape index (κ2) is 5.85. The molecule has 1 aromatic rings. The molecule has 0 spiro atoms. The molecule has 0 fully saturated rings. The van der Waals surface area contributed by atoms with Crippen LogP contribution in [0.4, 0.5) is 0 Å². The van der Waals surface area contributed by atoms with Crippen LogP contribution in [0.2, 0.25) is 38.3 Å². The van der Waals surface area contributed by atoms with E-state index in [0.717, 1.165) is 12.1 Å². The summed E-state index contributed by atoms with van der Waals surface area (Å²) in [6.07, 6.45) is 4.13. The Balaban J connectivity index is 2.99. The second-order valence-electron chi connectivity index (χ2n) is 6.33. The molecule has 0 N–H and O–H groups in total. The maximum atomic E-state index is 3.88. The summed E-state index contributed by atoms with van der Waals surface area (Å²) >= 11 is 0. The molecule has 0 aliphatic rings. The molecule has 2 heteroatoms. The molecule has 18 heavy (non-hydrogen) atoms. The first-order valence-corrected chi connectivity index (χ1v) is 13.1. The minimum absolute atomic E-state index is 1.15. The monoisotopic (exact) mass is 274 g/mol. The first-order valence-electron chi connectivity index (χ1n) is 6.66. The number of hydrogen-bond acceptors (Lipinski definition) is 0. The highest BCUT2D eigenvalue weighted by molar-refractivity contribution is 6.91. The maximum absolute atomic E-state index is 3.88. The number of rotatable bonds is 6. The fraction of sp³-hybridized carbons (Fsp3) is 0.375. The van der Waals surface area contributed by atoms with E-state index in [9.17, 15) is 0 Å². The van der Waals surface area contributed by atoms with Gasteiger partial charge in [0.25, 0.3) is 0 Å². The van der Waals surface area contributed by atoms with Gasteiger partial charge in [-0.2, -0.15) is 0 Å². The summed E-state index contributed by atoms with van der Waals surface area (Å²) in [5, 5.41) is 3.07. The van der Waals surface area contributed by atoms with Gasteiger partial charge in [-0.05, 0) is 12.1 Å². The van der Waals surface area contributed by atoms with Crippen molar-refractivity contribution in [1.82, 2.24) is 0 Å². The largest absolute Gasteiger partial charge is 0.103 e. The van der Waals surface area contributed by atoms with Crippen molar-refractivity contribution in [3.8, 4) is 0 Å². The van der Waals surface area contributed by atoms with Gasteiger partial charge in [-0.3, -0.25) is 0 Å². The maximum Gasteiger partial charge on any atom is 0.0843 e. The zero-order valence-corrected chi connectivity index (χ0v) is 14.3. The van der Waals surface area contributed by atoms with E-state index < -0.39 is 16.1 Å². The molecule has 0 amide bonds. The lowest BCUT2D eigenvalue weighted by Crippen LogP contribution is -2.44. The predicted octanol–water partition coefficient (Wildman–Crippen LogP) is 3.89. The third kappa shape index (κ3) is 3.56. The van der Waals surface area contributed by atoms with Crippen LogP contribution in [0.1, 0.15) is 0 Å². The molecule has 0 aliphatic heterocycles. The Morgan fingerprint density at radius 3 is 1.28 bits per heavy atom. The lowest BCUT2D eigenvalue weighted by atomic mass is 10.4. The zero-order chi connectivity index (χ0) is 13.8. The molecule has 1 aromatic carbocycles. The molecule has 98 valence electrons. The number of benzene rings is 1. The van der Waals surface area contributed by atoms with Crippen molar-refractivity contribution in [2.45, 2.75) is 38.3 Å². The Kier molecular flexibility index (Phi) is 4.94. The van der Waals surface area contributed by atoms with Gasteiger partial charge in [0.1, 0.15) is 0 Å². The molecule has 0 radical (unpaired) electrons. The van der Waals surface area contributed by atoms with Crippen LogP contribution in [0, 0.1) is 0 Å². The number of hydrogen-bond donors (Lipinski definition) is 0. The molecule has 1 rings (SSSR count). The summed E-state index contributed by atoms with van der Waals surface area (Å²) in [5.41, 5.74) is 0. The van der Waals surface area contributed by atoms with E-state index in [1.165, 1.54) is 10.4 Å². The van der Waals surface area contributed by atoms with E-state index in [2.05, 4.69) is 75.8 Å². The van der Waals surface area contributed by atoms with E-state index >= 15 is 0 Å². The topological polar surface area (TPSA) is 0 Å². The molecule has 0 heterocycles. The van der Waals surface area contributed by atoms with E-state index in [1.807, 2.05) is 0 Å². The van der Waals surface area contributed by atoms with Gasteiger partial charge in [0.2, 0.25) is 0 Å². The van der Waals surface area contributed by atoms with Gasteiger partial charge in [-0.1, -0.05) is 73.0 Å². The van der Waals surface area contributed by atoms with Crippen molar-refractivity contribution >= 4 is 26.5 Å². The van der Waals surface area contributed by atoms with Gasteiger partial charge in [-0.25, -0.2) is 0 Å². The van der Waals surface area contributed by atoms with Crippen molar-refractivity contribution < 1.29 is 0 Å². The molecule has 0 aromatic heterocycles. The third-order valence-electron chi connectivity index (χ3n) is 3.76. The summed E-state index contributed by atoms with van der Waals surface area (Å²) in [7, 11) is -2.61. The average molecular weight is 275 g/mol. The van der Waals surface area contributed by atoms with Gasteiger partial charge in [0, 0.05) is 0 Å². The summed E-state index contributed by atoms with van der Waals surface area (Å²) in [6.45, 7) is 17.4. The van der Waals surface area contributed by atoms with Crippen LogP contribution in [0.25, 0.3) is 0 Å². The van der Waals surface area contributed by atoms with Crippen molar-refractivity contribution in [2.24, 2.45) is 0 Å². The highest BCUT2D eigenvalue weighted by Gasteiger charge is 2.24. The number of allylic oxidation sites excluding steroid dienone is 2. The molecule has 0 aliphatic carbocycles. The standard InChI is InChI=1S/C16H26Si2/c1-7-13-17(3,4)15-9-11-16(12-10-15)18(5,6)14-8-2/h7-12H,1-2,13-14H2,3-6H3. The predicted molar refractivity (Wildman–Crippen MR) is 90.7 cm³/mol. The van der Waals surface area contributed by atoms with Crippen molar-refractivity contribution in [3.05, 3.63) is 49.6 Å². The van der Waals surface area contributed by atoms with E-state index in [0.29, 0.717) is 0 Å². The van der Waals surface area contributed by atoms with Gasteiger partial charge in [-0.15, -0.1) is 13.2 Å². The first-order chi connectivity index (χ1) is 8.33. The van der Waals surface area contributed by atoms with Crippen molar-refractivity contribution in [2.75, 3.05) is 0 Å². The minimum Gasteiger partial charge on any atom is -0.103 e. The Hall–Kier alpha value is -0.866. The Bertz CT molecular complexity index is 372. The normalized spacial score (nSPS) is 12.2. The van der Waals surface area contributed by atoms with Gasteiger partial charge >= 0.3 is 0 Å². The van der Waals surface area contributed by atoms with Crippen LogP contribution >= 0.6 is 0 Å². The van der Waals surface area contributed by atoms with Crippen LogP contribution in [0.3, 0.4) is 0 Å². The quantitative estimate of drug-likeness (QED) is 0.545. The highest BCUT2D eigenvalue weighted by Crippen LogP contribution is 2.12. The Labute approximate surface area is 114 Å². The smallest absolute Gasteiger partial charge is 0.0843 e. The lowest BCUT2D eigenvalue weighted by molar-refractivity contribution is 1.52. The fourth-order valence-electron chi connectivity index (χ4n) is 2.33.